The number of halogens is 4. The van der Waals surface area contributed by atoms with E-state index in [2.05, 4.69) is 10.1 Å². The monoisotopic (exact) mass is 478 g/mol. The number of carbonyl (C=O) groups is 1. The van der Waals surface area contributed by atoms with Gasteiger partial charge in [-0.1, -0.05) is 29.3 Å². The van der Waals surface area contributed by atoms with Gasteiger partial charge in [0, 0.05) is 24.7 Å². The van der Waals surface area contributed by atoms with E-state index in [9.17, 15) is 22.0 Å². The molecule has 2 aromatic carbocycles. The molecule has 0 aromatic heterocycles. The zero-order valence-corrected chi connectivity index (χ0v) is 17.9. The highest BCUT2D eigenvalue weighted by atomic mass is 35.5. The van der Waals surface area contributed by atoms with E-state index in [0.717, 1.165) is 0 Å². The molecule has 0 spiro atoms. The lowest BCUT2D eigenvalue weighted by Gasteiger charge is -2.31. The summed E-state index contributed by atoms with van der Waals surface area (Å²) in [5.41, 5.74) is 0.430. The molecule has 1 aliphatic heterocycles. The SMILES string of the molecule is O=C(Nc1ccc(OC(F)F)cc1)C1CCN(S(=O)(=O)c2c(Cl)cccc2Cl)CC1. The van der Waals surface area contributed by atoms with Gasteiger partial charge in [0.1, 0.15) is 10.6 Å². The van der Waals surface area contributed by atoms with Gasteiger partial charge in [-0.15, -0.1) is 0 Å². The van der Waals surface area contributed by atoms with Crippen molar-refractivity contribution in [3.05, 3.63) is 52.5 Å². The Labute approximate surface area is 182 Å². The Hall–Kier alpha value is -1.94. The van der Waals surface area contributed by atoms with Crippen LogP contribution in [0.2, 0.25) is 10.0 Å². The van der Waals surface area contributed by atoms with Crippen LogP contribution in [-0.4, -0.2) is 38.3 Å². The van der Waals surface area contributed by atoms with Gasteiger partial charge in [-0.2, -0.15) is 13.1 Å². The zero-order valence-electron chi connectivity index (χ0n) is 15.5. The van der Waals surface area contributed by atoms with Crippen molar-refractivity contribution < 1.29 is 26.7 Å². The van der Waals surface area contributed by atoms with Crippen LogP contribution in [0.25, 0.3) is 0 Å². The Balaban J connectivity index is 1.60. The van der Waals surface area contributed by atoms with Crippen LogP contribution in [0.4, 0.5) is 14.5 Å². The quantitative estimate of drug-likeness (QED) is 0.656. The Morgan fingerprint density at radius 3 is 2.17 bits per heavy atom. The molecular formula is C19H18Cl2F2N2O4S. The molecule has 1 heterocycles. The normalized spacial score (nSPS) is 15.9. The maximum atomic E-state index is 12.9. The number of anilines is 1. The number of amides is 1. The van der Waals surface area contributed by atoms with Crippen LogP contribution in [0.1, 0.15) is 12.8 Å². The van der Waals surface area contributed by atoms with Crippen LogP contribution in [0.15, 0.2) is 47.4 Å². The summed E-state index contributed by atoms with van der Waals surface area (Å²) in [6.07, 6.45) is 0.638. The van der Waals surface area contributed by atoms with Gasteiger partial charge in [0.05, 0.1) is 10.0 Å². The summed E-state index contributed by atoms with van der Waals surface area (Å²) in [4.78, 5) is 12.4. The summed E-state index contributed by atoms with van der Waals surface area (Å²) in [6, 6.07) is 10.0. The van der Waals surface area contributed by atoms with E-state index in [1.807, 2.05) is 0 Å². The van der Waals surface area contributed by atoms with Crippen LogP contribution >= 0.6 is 23.2 Å². The van der Waals surface area contributed by atoms with Crippen LogP contribution in [0.3, 0.4) is 0 Å². The van der Waals surface area contributed by atoms with Gasteiger partial charge in [-0.05, 0) is 49.2 Å². The van der Waals surface area contributed by atoms with Gasteiger partial charge in [0.25, 0.3) is 0 Å². The number of hydrogen-bond donors (Lipinski definition) is 1. The summed E-state index contributed by atoms with van der Waals surface area (Å²) in [6.45, 7) is -2.64. The maximum absolute atomic E-state index is 12.9. The molecule has 6 nitrogen and oxygen atoms in total. The molecule has 0 bridgehead atoms. The molecule has 0 saturated carbocycles. The van der Waals surface area contributed by atoms with Crippen LogP contribution in [0, 0.1) is 5.92 Å². The number of alkyl halides is 2. The van der Waals surface area contributed by atoms with E-state index in [4.69, 9.17) is 23.2 Å². The van der Waals surface area contributed by atoms with Crippen LogP contribution in [-0.2, 0) is 14.8 Å². The van der Waals surface area contributed by atoms with Crippen molar-refractivity contribution >= 4 is 44.8 Å². The van der Waals surface area contributed by atoms with Gasteiger partial charge < -0.3 is 10.1 Å². The molecule has 162 valence electrons. The maximum Gasteiger partial charge on any atom is 0.387 e. The molecule has 30 heavy (non-hydrogen) atoms. The molecule has 11 heteroatoms. The van der Waals surface area contributed by atoms with E-state index in [1.54, 1.807) is 6.07 Å². The van der Waals surface area contributed by atoms with E-state index in [-0.39, 0.29) is 39.7 Å². The van der Waals surface area contributed by atoms with Gasteiger partial charge >= 0.3 is 6.61 Å². The molecule has 3 rings (SSSR count). The molecule has 2 aromatic rings. The molecule has 0 aliphatic carbocycles. The minimum Gasteiger partial charge on any atom is -0.435 e. The molecule has 1 amide bonds. The molecule has 0 atom stereocenters. The zero-order chi connectivity index (χ0) is 21.9. The first-order valence-electron chi connectivity index (χ1n) is 8.98. The topological polar surface area (TPSA) is 75.7 Å². The van der Waals surface area contributed by atoms with E-state index in [1.165, 1.54) is 40.7 Å². The molecular weight excluding hydrogens is 461 g/mol. The summed E-state index contributed by atoms with van der Waals surface area (Å²) >= 11 is 12.1. The fourth-order valence-corrected chi connectivity index (χ4v) is 5.74. The number of nitrogens with zero attached hydrogens (tertiary/aromatic N) is 1. The summed E-state index contributed by atoms with van der Waals surface area (Å²) in [5.74, 6) is -0.680. The van der Waals surface area contributed by atoms with Crippen LogP contribution in [0.5, 0.6) is 5.75 Å². The summed E-state index contributed by atoms with van der Waals surface area (Å²) in [5, 5.41) is 2.79. The highest BCUT2D eigenvalue weighted by Crippen LogP contribution is 2.33. The third-order valence-corrected chi connectivity index (χ3v) is 7.54. The fourth-order valence-electron chi connectivity index (χ4n) is 3.18. The minimum absolute atomic E-state index is 0.0141. The van der Waals surface area contributed by atoms with E-state index < -0.39 is 22.6 Å². The number of sulfonamides is 1. The van der Waals surface area contributed by atoms with Crippen molar-refractivity contribution in [2.45, 2.75) is 24.3 Å². The van der Waals surface area contributed by atoms with Crippen LogP contribution < -0.4 is 10.1 Å². The smallest absolute Gasteiger partial charge is 0.387 e. The standard InChI is InChI=1S/C19H18Cl2F2N2O4S/c20-15-2-1-3-16(21)17(15)30(27,28)25-10-8-12(9-11-25)18(26)24-13-4-6-14(7-5-13)29-19(22)23/h1-7,12,19H,8-11H2,(H,24,26). The third kappa shape index (κ3) is 5.21. The second-order valence-electron chi connectivity index (χ2n) is 6.62. The number of rotatable bonds is 6. The van der Waals surface area contributed by atoms with Crippen molar-refractivity contribution in [2.24, 2.45) is 5.92 Å². The van der Waals surface area contributed by atoms with Gasteiger partial charge in [0.15, 0.2) is 0 Å². The Morgan fingerprint density at radius 1 is 1.07 bits per heavy atom. The number of benzene rings is 2. The predicted molar refractivity (Wildman–Crippen MR) is 110 cm³/mol. The minimum atomic E-state index is -3.88. The Morgan fingerprint density at radius 2 is 1.63 bits per heavy atom. The first-order valence-corrected chi connectivity index (χ1v) is 11.2. The van der Waals surface area contributed by atoms with E-state index >= 15 is 0 Å². The molecule has 0 unspecified atom stereocenters. The molecule has 1 fully saturated rings. The highest BCUT2D eigenvalue weighted by Gasteiger charge is 2.34. The molecule has 1 N–H and O–H groups in total. The van der Waals surface area contributed by atoms with E-state index in [0.29, 0.717) is 18.5 Å². The number of carbonyl (C=O) groups excluding carboxylic acids is 1. The third-order valence-electron chi connectivity index (χ3n) is 4.69. The van der Waals surface area contributed by atoms with Crippen molar-refractivity contribution in [2.75, 3.05) is 18.4 Å². The number of piperidine rings is 1. The number of hydrogen-bond acceptors (Lipinski definition) is 4. The summed E-state index contributed by atoms with van der Waals surface area (Å²) in [7, 11) is -3.88. The van der Waals surface area contributed by atoms with Gasteiger partial charge in [-0.25, -0.2) is 8.42 Å². The fraction of sp³-hybridized carbons (Fsp3) is 0.316. The van der Waals surface area contributed by atoms with Crippen molar-refractivity contribution in [3.63, 3.8) is 0 Å². The van der Waals surface area contributed by atoms with Gasteiger partial charge in [-0.3, -0.25) is 4.79 Å². The lowest BCUT2D eigenvalue weighted by atomic mass is 9.97. The van der Waals surface area contributed by atoms with Crippen molar-refractivity contribution in [1.82, 2.24) is 4.31 Å². The second kappa shape index (κ2) is 9.47. The average Bonchev–Trinajstić information content (AvgIpc) is 2.69. The highest BCUT2D eigenvalue weighted by molar-refractivity contribution is 7.89. The Kier molecular flexibility index (Phi) is 7.18. The number of ether oxygens (including phenoxy) is 1. The lowest BCUT2D eigenvalue weighted by Crippen LogP contribution is -2.41. The first kappa shape index (κ1) is 22.7. The lowest BCUT2D eigenvalue weighted by molar-refractivity contribution is -0.120. The Bertz CT molecular complexity index is 991. The number of nitrogens with one attached hydrogen (secondary N) is 1. The summed E-state index contributed by atoms with van der Waals surface area (Å²) < 4.78 is 55.7. The average molecular weight is 479 g/mol. The van der Waals surface area contributed by atoms with Crippen molar-refractivity contribution in [1.29, 1.82) is 0 Å². The molecule has 1 aliphatic rings. The van der Waals surface area contributed by atoms with Crippen molar-refractivity contribution in [3.8, 4) is 5.75 Å². The first-order chi connectivity index (χ1) is 14.2. The van der Waals surface area contributed by atoms with Gasteiger partial charge in [0.2, 0.25) is 15.9 Å². The second-order valence-corrected chi connectivity index (χ2v) is 9.31. The molecule has 1 saturated heterocycles. The largest absolute Gasteiger partial charge is 0.435 e. The predicted octanol–water partition coefficient (Wildman–Crippen LogP) is 4.63. The molecule has 0 radical (unpaired) electrons.